The van der Waals surface area contributed by atoms with Crippen LogP contribution in [-0.2, 0) is 19.5 Å². The zero-order valence-electron chi connectivity index (χ0n) is 13.0. The molecule has 24 heavy (non-hydrogen) atoms. The Kier molecular flexibility index (Phi) is 3.31. The summed E-state index contributed by atoms with van der Waals surface area (Å²) in [4.78, 5) is 3.83. The molecule has 0 unspecified atom stereocenters. The summed E-state index contributed by atoms with van der Waals surface area (Å²) in [6, 6.07) is 10.2. The molecule has 0 radical (unpaired) electrons. The second-order valence-corrected chi connectivity index (χ2v) is 7.07. The second kappa shape index (κ2) is 5.65. The molecule has 4 heterocycles. The maximum atomic E-state index is 5.60. The third-order valence-electron chi connectivity index (χ3n) is 4.51. The van der Waals surface area contributed by atoms with Gasteiger partial charge in [-0.25, -0.2) is 0 Å². The van der Waals surface area contributed by atoms with E-state index in [1.54, 1.807) is 11.3 Å². The lowest BCUT2D eigenvalue weighted by atomic mass is 10.0. The van der Waals surface area contributed by atoms with Crippen LogP contribution >= 0.6 is 11.3 Å². The summed E-state index contributed by atoms with van der Waals surface area (Å²) < 4.78 is 16.5. The van der Waals surface area contributed by atoms with Crippen LogP contribution in [0.15, 0.2) is 40.2 Å². The topological polar surface area (TPSA) is 47.7 Å². The minimum atomic E-state index is 0.282. The molecule has 0 atom stereocenters. The zero-order valence-corrected chi connectivity index (χ0v) is 13.8. The molecule has 0 spiro atoms. The van der Waals surface area contributed by atoms with Crippen LogP contribution in [0.25, 0.3) is 11.3 Å². The highest BCUT2D eigenvalue weighted by atomic mass is 32.1. The highest BCUT2D eigenvalue weighted by Gasteiger charge is 2.26. The van der Waals surface area contributed by atoms with Crippen molar-refractivity contribution < 1.29 is 14.0 Å². The molecule has 0 fully saturated rings. The molecular formula is C18H16N2O3S. The molecular weight excluding hydrogens is 324 g/mol. The SMILES string of the molecule is c1csc(CN2CCc3onc(-c4ccc5c(c4)OCO5)c3C2)c1. The lowest BCUT2D eigenvalue weighted by Gasteiger charge is -2.25. The van der Waals surface area contributed by atoms with Crippen LogP contribution in [0.5, 0.6) is 11.5 Å². The monoisotopic (exact) mass is 340 g/mol. The number of aromatic nitrogens is 1. The predicted octanol–water partition coefficient (Wildman–Crippen LogP) is 3.69. The van der Waals surface area contributed by atoms with E-state index in [1.165, 1.54) is 10.4 Å². The van der Waals surface area contributed by atoms with Gasteiger partial charge in [-0.3, -0.25) is 4.90 Å². The normalized spacial score (nSPS) is 16.3. The maximum absolute atomic E-state index is 5.60. The van der Waals surface area contributed by atoms with Gasteiger partial charge < -0.3 is 14.0 Å². The molecule has 0 N–H and O–H groups in total. The van der Waals surface area contributed by atoms with Crippen LogP contribution in [0.4, 0.5) is 0 Å². The Hall–Kier alpha value is -2.31. The average molecular weight is 340 g/mol. The lowest BCUT2D eigenvalue weighted by Crippen LogP contribution is -2.29. The summed E-state index contributed by atoms with van der Waals surface area (Å²) >= 11 is 1.80. The fraction of sp³-hybridized carbons (Fsp3) is 0.278. The van der Waals surface area contributed by atoms with Gasteiger partial charge in [-0.15, -0.1) is 11.3 Å². The van der Waals surface area contributed by atoms with Gasteiger partial charge in [-0.2, -0.15) is 0 Å². The van der Waals surface area contributed by atoms with Crippen LogP contribution in [0.1, 0.15) is 16.2 Å². The first-order valence-electron chi connectivity index (χ1n) is 7.99. The van der Waals surface area contributed by atoms with Gasteiger partial charge in [0.25, 0.3) is 0 Å². The molecule has 1 aromatic carbocycles. The van der Waals surface area contributed by atoms with E-state index in [4.69, 9.17) is 14.0 Å². The summed E-state index contributed by atoms with van der Waals surface area (Å²) in [7, 11) is 0. The maximum Gasteiger partial charge on any atom is 0.231 e. The molecule has 6 heteroatoms. The van der Waals surface area contributed by atoms with Gasteiger partial charge in [0.2, 0.25) is 6.79 Å². The molecule has 2 aliphatic heterocycles. The number of fused-ring (bicyclic) bond motifs is 2. The number of benzene rings is 1. The van der Waals surface area contributed by atoms with Crippen LogP contribution in [0.2, 0.25) is 0 Å². The van der Waals surface area contributed by atoms with Crippen molar-refractivity contribution in [3.05, 3.63) is 51.9 Å². The molecule has 122 valence electrons. The fourth-order valence-electron chi connectivity index (χ4n) is 3.29. The van der Waals surface area contributed by atoms with E-state index in [0.717, 1.165) is 54.6 Å². The molecule has 5 nitrogen and oxygen atoms in total. The van der Waals surface area contributed by atoms with Gasteiger partial charge in [0.05, 0.1) is 0 Å². The predicted molar refractivity (Wildman–Crippen MR) is 90.2 cm³/mol. The van der Waals surface area contributed by atoms with Gasteiger partial charge >= 0.3 is 0 Å². The zero-order chi connectivity index (χ0) is 15.9. The van der Waals surface area contributed by atoms with E-state index in [2.05, 4.69) is 27.6 Å². The number of ether oxygens (including phenoxy) is 2. The standard InChI is InChI=1S/C18H16N2O3S/c1-2-13(24-7-1)9-20-6-5-15-14(10-20)18(19-23-15)12-3-4-16-17(8-12)22-11-21-16/h1-4,7-8H,5-6,9-11H2. The fourth-order valence-corrected chi connectivity index (χ4v) is 4.04. The highest BCUT2D eigenvalue weighted by molar-refractivity contribution is 7.09. The summed E-state index contributed by atoms with van der Waals surface area (Å²) in [5.74, 6) is 2.57. The first-order chi connectivity index (χ1) is 11.9. The lowest BCUT2D eigenvalue weighted by molar-refractivity contribution is 0.174. The van der Waals surface area contributed by atoms with Crippen LogP contribution in [0, 0.1) is 0 Å². The largest absolute Gasteiger partial charge is 0.454 e. The number of nitrogens with zero attached hydrogens (tertiary/aromatic N) is 2. The van der Waals surface area contributed by atoms with Crippen molar-refractivity contribution in [2.75, 3.05) is 13.3 Å². The Bertz CT molecular complexity index is 873. The molecule has 0 saturated heterocycles. The van der Waals surface area contributed by atoms with Crippen molar-refractivity contribution in [1.29, 1.82) is 0 Å². The Morgan fingerprint density at radius 3 is 3.04 bits per heavy atom. The van der Waals surface area contributed by atoms with Crippen molar-refractivity contribution in [2.45, 2.75) is 19.5 Å². The van der Waals surface area contributed by atoms with Crippen LogP contribution in [-0.4, -0.2) is 23.4 Å². The van der Waals surface area contributed by atoms with Gasteiger partial charge in [0.15, 0.2) is 11.5 Å². The van der Waals surface area contributed by atoms with Gasteiger partial charge in [0, 0.05) is 42.1 Å². The molecule has 5 rings (SSSR count). The molecule has 0 saturated carbocycles. The Morgan fingerprint density at radius 1 is 1.17 bits per heavy atom. The molecule has 2 aromatic heterocycles. The van der Waals surface area contributed by atoms with Crippen molar-refractivity contribution in [3.63, 3.8) is 0 Å². The van der Waals surface area contributed by atoms with Crippen molar-refractivity contribution in [2.24, 2.45) is 0 Å². The average Bonchev–Trinajstić information content (AvgIpc) is 3.34. The Balaban J connectivity index is 1.44. The van der Waals surface area contributed by atoms with Gasteiger partial charge in [-0.05, 0) is 29.6 Å². The van der Waals surface area contributed by atoms with Gasteiger partial charge in [0.1, 0.15) is 11.5 Å². The first-order valence-corrected chi connectivity index (χ1v) is 8.87. The minimum absolute atomic E-state index is 0.282. The quantitative estimate of drug-likeness (QED) is 0.728. The minimum Gasteiger partial charge on any atom is -0.454 e. The number of rotatable bonds is 3. The van der Waals surface area contributed by atoms with E-state index in [9.17, 15) is 0 Å². The third-order valence-corrected chi connectivity index (χ3v) is 5.37. The Labute approximate surface area is 143 Å². The summed E-state index contributed by atoms with van der Waals surface area (Å²) in [5, 5.41) is 6.46. The summed E-state index contributed by atoms with van der Waals surface area (Å²) in [5.41, 5.74) is 3.12. The van der Waals surface area contributed by atoms with E-state index >= 15 is 0 Å². The number of thiophene rings is 1. The van der Waals surface area contributed by atoms with Crippen molar-refractivity contribution in [1.82, 2.24) is 10.1 Å². The van der Waals surface area contributed by atoms with E-state index in [-0.39, 0.29) is 6.79 Å². The summed E-state index contributed by atoms with van der Waals surface area (Å²) in [6.07, 6.45) is 0.901. The smallest absolute Gasteiger partial charge is 0.231 e. The Morgan fingerprint density at radius 2 is 2.12 bits per heavy atom. The number of hydrogen-bond donors (Lipinski definition) is 0. The van der Waals surface area contributed by atoms with E-state index in [1.807, 2.05) is 18.2 Å². The molecule has 0 aliphatic carbocycles. The molecule has 0 amide bonds. The summed E-state index contributed by atoms with van der Waals surface area (Å²) in [6.45, 7) is 3.12. The first kappa shape index (κ1) is 14.1. The number of hydrogen-bond acceptors (Lipinski definition) is 6. The molecule has 3 aromatic rings. The second-order valence-electron chi connectivity index (χ2n) is 6.04. The highest BCUT2D eigenvalue weighted by Crippen LogP contribution is 2.38. The van der Waals surface area contributed by atoms with Crippen molar-refractivity contribution in [3.8, 4) is 22.8 Å². The van der Waals surface area contributed by atoms with Crippen LogP contribution in [0.3, 0.4) is 0 Å². The van der Waals surface area contributed by atoms with E-state index < -0.39 is 0 Å². The van der Waals surface area contributed by atoms with Crippen molar-refractivity contribution >= 4 is 11.3 Å². The van der Waals surface area contributed by atoms with E-state index in [0.29, 0.717) is 0 Å². The molecule has 0 bridgehead atoms. The third kappa shape index (κ3) is 2.39. The molecule has 2 aliphatic rings. The van der Waals surface area contributed by atoms with Gasteiger partial charge in [-0.1, -0.05) is 11.2 Å². The van der Waals surface area contributed by atoms with Crippen LogP contribution < -0.4 is 9.47 Å².